The van der Waals surface area contributed by atoms with Gasteiger partial charge in [-0.2, -0.15) is 0 Å². The van der Waals surface area contributed by atoms with E-state index >= 15 is 0 Å². The van der Waals surface area contributed by atoms with Crippen molar-refractivity contribution in [3.05, 3.63) is 36.0 Å². The zero-order chi connectivity index (χ0) is 15.2. The fraction of sp³-hybridized carbons (Fsp3) is 0.375. The van der Waals surface area contributed by atoms with Gasteiger partial charge in [-0.15, -0.1) is 0 Å². The normalized spacial score (nSPS) is 11.0. The molecule has 0 saturated carbocycles. The lowest BCUT2D eigenvalue weighted by Gasteiger charge is -2.18. The molecule has 21 heavy (non-hydrogen) atoms. The van der Waals surface area contributed by atoms with Gasteiger partial charge >= 0.3 is 5.97 Å². The first-order valence-corrected chi connectivity index (χ1v) is 7.14. The van der Waals surface area contributed by atoms with Crippen molar-refractivity contribution >= 4 is 16.7 Å². The maximum Gasteiger partial charge on any atom is 0.354 e. The number of carboxylic acid groups (broad SMARTS) is 1. The lowest BCUT2D eigenvalue weighted by molar-refractivity contribution is 0.0689. The lowest BCUT2D eigenvalue weighted by atomic mass is 10.1. The first-order chi connectivity index (χ1) is 10.2. The van der Waals surface area contributed by atoms with E-state index in [0.29, 0.717) is 12.5 Å². The van der Waals surface area contributed by atoms with Crippen LogP contribution in [0.2, 0.25) is 0 Å². The van der Waals surface area contributed by atoms with Gasteiger partial charge < -0.3 is 14.7 Å². The molecule has 5 nitrogen and oxygen atoms in total. The van der Waals surface area contributed by atoms with Gasteiger partial charge in [-0.25, -0.2) is 9.78 Å². The standard InChI is InChI=1S/C16H20N2O3/c1-3-18(4-2)9-10-21-15-13-8-6-5-7-12(13)11-14(17-15)16(19)20/h5-8,11H,3-4,9-10H2,1-2H3,(H,19,20). The van der Waals surface area contributed by atoms with Crippen LogP contribution >= 0.6 is 0 Å². The van der Waals surface area contributed by atoms with Crippen molar-refractivity contribution < 1.29 is 14.6 Å². The highest BCUT2D eigenvalue weighted by Crippen LogP contribution is 2.24. The van der Waals surface area contributed by atoms with Gasteiger partial charge in [-0.3, -0.25) is 0 Å². The molecule has 0 radical (unpaired) electrons. The summed E-state index contributed by atoms with van der Waals surface area (Å²) in [5, 5.41) is 10.8. The topological polar surface area (TPSA) is 62.7 Å². The van der Waals surface area contributed by atoms with Gasteiger partial charge in [0.25, 0.3) is 0 Å². The van der Waals surface area contributed by atoms with Gasteiger partial charge in [0, 0.05) is 11.9 Å². The number of pyridine rings is 1. The lowest BCUT2D eigenvalue weighted by Crippen LogP contribution is -2.28. The zero-order valence-electron chi connectivity index (χ0n) is 12.4. The van der Waals surface area contributed by atoms with Crippen LogP contribution in [0.1, 0.15) is 24.3 Å². The summed E-state index contributed by atoms with van der Waals surface area (Å²) in [6.07, 6.45) is 0. The van der Waals surface area contributed by atoms with Crippen LogP contribution in [0.25, 0.3) is 10.8 Å². The highest BCUT2D eigenvalue weighted by molar-refractivity contribution is 5.94. The van der Waals surface area contributed by atoms with Crippen LogP contribution < -0.4 is 4.74 Å². The van der Waals surface area contributed by atoms with Gasteiger partial charge in [-0.1, -0.05) is 32.0 Å². The Hall–Kier alpha value is -2.14. The number of aromatic carboxylic acids is 1. The molecule has 1 N–H and O–H groups in total. The van der Waals surface area contributed by atoms with E-state index < -0.39 is 5.97 Å². The number of carbonyl (C=O) groups is 1. The summed E-state index contributed by atoms with van der Waals surface area (Å²) in [5.74, 6) is -0.660. The summed E-state index contributed by atoms with van der Waals surface area (Å²) in [6, 6.07) is 9.08. The van der Waals surface area contributed by atoms with Gasteiger partial charge in [0.05, 0.1) is 0 Å². The van der Waals surface area contributed by atoms with E-state index in [0.717, 1.165) is 30.4 Å². The van der Waals surface area contributed by atoms with Crippen molar-refractivity contribution in [3.63, 3.8) is 0 Å². The van der Waals surface area contributed by atoms with Crippen LogP contribution in [0.3, 0.4) is 0 Å². The molecule has 0 bridgehead atoms. The molecule has 2 aromatic rings. The minimum Gasteiger partial charge on any atom is -0.477 e. The minimum atomic E-state index is -1.05. The molecule has 0 atom stereocenters. The Labute approximate surface area is 124 Å². The Morgan fingerprint density at radius 3 is 2.67 bits per heavy atom. The number of hydrogen-bond donors (Lipinski definition) is 1. The van der Waals surface area contributed by atoms with E-state index in [1.807, 2.05) is 24.3 Å². The van der Waals surface area contributed by atoms with Crippen LogP contribution in [0.4, 0.5) is 0 Å². The third-order valence-corrected chi connectivity index (χ3v) is 3.47. The number of fused-ring (bicyclic) bond motifs is 1. The molecule has 1 aromatic heterocycles. The maximum absolute atomic E-state index is 11.1. The van der Waals surface area contributed by atoms with Gasteiger partial charge in [0.2, 0.25) is 5.88 Å². The van der Waals surface area contributed by atoms with Crippen molar-refractivity contribution in [2.45, 2.75) is 13.8 Å². The number of rotatable bonds is 7. The largest absolute Gasteiger partial charge is 0.477 e. The second-order valence-electron chi connectivity index (χ2n) is 4.71. The van der Waals surface area contributed by atoms with Crippen molar-refractivity contribution in [3.8, 4) is 5.88 Å². The molecule has 0 spiro atoms. The van der Waals surface area contributed by atoms with Crippen molar-refractivity contribution in [2.24, 2.45) is 0 Å². The summed E-state index contributed by atoms with van der Waals surface area (Å²) >= 11 is 0. The van der Waals surface area contributed by atoms with Gasteiger partial charge in [0.15, 0.2) is 5.69 Å². The molecule has 0 saturated heterocycles. The molecule has 0 fully saturated rings. The van der Waals surface area contributed by atoms with Crippen LogP contribution in [0.15, 0.2) is 30.3 Å². The molecule has 1 aromatic carbocycles. The van der Waals surface area contributed by atoms with E-state index in [4.69, 9.17) is 9.84 Å². The number of nitrogens with zero attached hydrogens (tertiary/aromatic N) is 2. The van der Waals surface area contributed by atoms with Crippen molar-refractivity contribution in [1.29, 1.82) is 0 Å². The molecule has 0 aliphatic carbocycles. The number of likely N-dealkylation sites (N-methyl/N-ethyl adjacent to an activating group) is 1. The molecular weight excluding hydrogens is 268 g/mol. The minimum absolute atomic E-state index is 0.00605. The number of ether oxygens (including phenoxy) is 1. The number of carboxylic acids is 1. The Morgan fingerprint density at radius 1 is 1.29 bits per heavy atom. The van der Waals surface area contributed by atoms with Gasteiger partial charge in [-0.05, 0) is 30.6 Å². The van der Waals surface area contributed by atoms with Gasteiger partial charge in [0.1, 0.15) is 6.61 Å². The first kappa shape index (κ1) is 15.3. The van der Waals surface area contributed by atoms with Crippen molar-refractivity contribution in [2.75, 3.05) is 26.2 Å². The second kappa shape index (κ2) is 7.04. The number of aromatic nitrogens is 1. The maximum atomic E-state index is 11.1. The summed E-state index contributed by atoms with van der Waals surface area (Å²) in [5.41, 5.74) is 0.00605. The summed E-state index contributed by atoms with van der Waals surface area (Å²) < 4.78 is 5.73. The molecule has 0 amide bonds. The van der Waals surface area contributed by atoms with E-state index in [9.17, 15) is 4.79 Å². The zero-order valence-corrected chi connectivity index (χ0v) is 12.4. The molecular formula is C16H20N2O3. The van der Waals surface area contributed by atoms with E-state index in [-0.39, 0.29) is 5.69 Å². The Morgan fingerprint density at radius 2 is 2.00 bits per heavy atom. The smallest absolute Gasteiger partial charge is 0.354 e. The fourth-order valence-electron chi connectivity index (χ4n) is 2.20. The molecule has 2 rings (SSSR count). The molecule has 0 unspecified atom stereocenters. The third kappa shape index (κ3) is 3.70. The average Bonchev–Trinajstić information content (AvgIpc) is 2.51. The molecule has 0 aliphatic heterocycles. The quantitative estimate of drug-likeness (QED) is 0.848. The second-order valence-corrected chi connectivity index (χ2v) is 4.71. The number of benzene rings is 1. The van der Waals surface area contributed by atoms with Crippen LogP contribution in [0.5, 0.6) is 5.88 Å². The van der Waals surface area contributed by atoms with Crippen molar-refractivity contribution in [1.82, 2.24) is 9.88 Å². The van der Waals surface area contributed by atoms with Crippen LogP contribution in [-0.4, -0.2) is 47.2 Å². The summed E-state index contributed by atoms with van der Waals surface area (Å²) in [4.78, 5) is 17.5. The summed E-state index contributed by atoms with van der Waals surface area (Å²) in [7, 11) is 0. The van der Waals surface area contributed by atoms with Crippen LogP contribution in [0, 0.1) is 0 Å². The predicted molar refractivity (Wildman–Crippen MR) is 82.0 cm³/mol. The highest BCUT2D eigenvalue weighted by atomic mass is 16.5. The molecule has 1 heterocycles. The SMILES string of the molecule is CCN(CC)CCOc1nc(C(=O)O)cc2ccccc12. The molecule has 112 valence electrons. The fourth-order valence-corrected chi connectivity index (χ4v) is 2.20. The molecule has 0 aliphatic rings. The van der Waals surface area contributed by atoms with E-state index in [1.54, 1.807) is 6.07 Å². The Balaban J connectivity index is 2.23. The van der Waals surface area contributed by atoms with E-state index in [1.165, 1.54) is 0 Å². The monoisotopic (exact) mass is 288 g/mol. The average molecular weight is 288 g/mol. The number of hydrogen-bond acceptors (Lipinski definition) is 4. The van der Waals surface area contributed by atoms with E-state index in [2.05, 4.69) is 23.7 Å². The predicted octanol–water partition coefficient (Wildman–Crippen LogP) is 2.65. The summed E-state index contributed by atoms with van der Waals surface area (Å²) in [6.45, 7) is 7.40. The Kier molecular flexibility index (Phi) is 5.11. The molecule has 5 heteroatoms. The van der Waals surface area contributed by atoms with Crippen LogP contribution in [-0.2, 0) is 0 Å². The highest BCUT2D eigenvalue weighted by Gasteiger charge is 2.12. The third-order valence-electron chi connectivity index (χ3n) is 3.47. The first-order valence-electron chi connectivity index (χ1n) is 7.14. The Bertz CT molecular complexity index is 624.